The largest absolute Gasteiger partial charge is 0.497 e. The lowest BCUT2D eigenvalue weighted by molar-refractivity contribution is -0.143. The van der Waals surface area contributed by atoms with Crippen molar-refractivity contribution in [3.8, 4) is 17.0 Å². The predicted octanol–water partition coefficient (Wildman–Crippen LogP) is 3.98. The minimum absolute atomic E-state index is 0.0406. The molecule has 0 saturated carbocycles. The van der Waals surface area contributed by atoms with Gasteiger partial charge in [0.15, 0.2) is 0 Å². The fourth-order valence-corrected chi connectivity index (χ4v) is 3.59. The zero-order valence-corrected chi connectivity index (χ0v) is 16.1. The summed E-state index contributed by atoms with van der Waals surface area (Å²) < 4.78 is 20.3. The monoisotopic (exact) mass is 379 g/mol. The molecule has 5 nitrogen and oxygen atoms in total. The van der Waals surface area contributed by atoms with Gasteiger partial charge in [0, 0.05) is 18.3 Å². The van der Waals surface area contributed by atoms with Crippen LogP contribution in [0.25, 0.3) is 11.3 Å². The van der Waals surface area contributed by atoms with Crippen LogP contribution in [0.5, 0.6) is 5.75 Å². The number of hydrogen-bond donors (Lipinski definition) is 0. The van der Waals surface area contributed by atoms with Crippen LogP contribution in [-0.2, 0) is 23.4 Å². The molecule has 0 unspecified atom stereocenters. The van der Waals surface area contributed by atoms with Gasteiger partial charge in [-0.1, -0.05) is 12.1 Å². The second-order valence-corrected chi connectivity index (χ2v) is 7.49. The molecular formula is C22H22FN3O2. The molecule has 1 aliphatic rings. The minimum atomic E-state index is -0.745. The molecule has 0 fully saturated rings. The summed E-state index contributed by atoms with van der Waals surface area (Å²) in [6.45, 7) is 4.73. The lowest BCUT2D eigenvalue weighted by Crippen LogP contribution is -2.51. The Balaban J connectivity index is 1.64. The quantitative estimate of drug-likeness (QED) is 0.689. The minimum Gasteiger partial charge on any atom is -0.497 e. The lowest BCUT2D eigenvalue weighted by Gasteiger charge is -2.38. The third kappa shape index (κ3) is 3.15. The van der Waals surface area contributed by atoms with E-state index in [1.807, 2.05) is 53.8 Å². The molecule has 144 valence electrons. The van der Waals surface area contributed by atoms with Gasteiger partial charge in [-0.3, -0.25) is 4.79 Å². The van der Waals surface area contributed by atoms with Crippen molar-refractivity contribution in [1.82, 2.24) is 14.5 Å². The molecule has 3 aromatic rings. The molecule has 28 heavy (non-hydrogen) atoms. The topological polar surface area (TPSA) is 47.4 Å². The smallest absolute Gasteiger partial charge is 0.248 e. The van der Waals surface area contributed by atoms with Crippen LogP contribution in [0.4, 0.5) is 4.39 Å². The van der Waals surface area contributed by atoms with E-state index in [4.69, 9.17) is 9.72 Å². The van der Waals surface area contributed by atoms with Gasteiger partial charge in [-0.15, -0.1) is 0 Å². The molecule has 1 aromatic heterocycles. The maximum absolute atomic E-state index is 13.2. The summed E-state index contributed by atoms with van der Waals surface area (Å²) in [5.74, 6) is 1.36. The van der Waals surface area contributed by atoms with E-state index in [2.05, 4.69) is 0 Å². The van der Waals surface area contributed by atoms with Gasteiger partial charge in [0.1, 0.15) is 22.9 Å². The van der Waals surface area contributed by atoms with Crippen LogP contribution in [0.15, 0.2) is 54.7 Å². The van der Waals surface area contributed by atoms with E-state index < -0.39 is 5.54 Å². The zero-order chi connectivity index (χ0) is 19.9. The van der Waals surface area contributed by atoms with Crippen molar-refractivity contribution in [2.45, 2.75) is 32.5 Å². The van der Waals surface area contributed by atoms with Gasteiger partial charge < -0.3 is 14.2 Å². The number of hydrogen-bond acceptors (Lipinski definition) is 3. The highest BCUT2D eigenvalue weighted by Gasteiger charge is 2.40. The third-order valence-corrected chi connectivity index (χ3v) is 5.20. The number of nitrogens with zero attached hydrogens (tertiary/aromatic N) is 3. The van der Waals surface area contributed by atoms with E-state index in [0.29, 0.717) is 13.1 Å². The van der Waals surface area contributed by atoms with Gasteiger partial charge >= 0.3 is 0 Å². The fraction of sp³-hybridized carbons (Fsp3) is 0.273. The number of amides is 1. The highest BCUT2D eigenvalue weighted by Crippen LogP contribution is 2.32. The molecule has 0 saturated heterocycles. The van der Waals surface area contributed by atoms with Crippen molar-refractivity contribution in [3.05, 3.63) is 71.9 Å². The van der Waals surface area contributed by atoms with E-state index in [-0.39, 0.29) is 11.7 Å². The van der Waals surface area contributed by atoms with Crippen LogP contribution in [-0.4, -0.2) is 27.5 Å². The molecule has 0 N–H and O–H groups in total. The average molecular weight is 379 g/mol. The number of halogens is 1. The second-order valence-electron chi connectivity index (χ2n) is 7.49. The first kappa shape index (κ1) is 18.2. The molecule has 6 heteroatoms. The van der Waals surface area contributed by atoms with E-state index in [1.54, 1.807) is 19.2 Å². The maximum Gasteiger partial charge on any atom is 0.248 e. The molecule has 0 spiro atoms. The Morgan fingerprint density at radius 1 is 1.11 bits per heavy atom. The summed E-state index contributed by atoms with van der Waals surface area (Å²) >= 11 is 0. The molecule has 1 amide bonds. The molecule has 4 rings (SSSR count). The Hall–Kier alpha value is -3.15. The van der Waals surface area contributed by atoms with Crippen LogP contribution >= 0.6 is 0 Å². The Bertz CT molecular complexity index is 1010. The molecule has 2 heterocycles. The number of imidazole rings is 1. The van der Waals surface area contributed by atoms with Crippen LogP contribution in [0, 0.1) is 5.82 Å². The Kier molecular flexibility index (Phi) is 4.41. The van der Waals surface area contributed by atoms with Gasteiger partial charge in [0.05, 0.1) is 19.3 Å². The van der Waals surface area contributed by atoms with Gasteiger partial charge in [-0.05, 0) is 55.8 Å². The summed E-state index contributed by atoms with van der Waals surface area (Å²) in [5, 5.41) is 0. The number of carbonyl (C=O) groups is 1. The van der Waals surface area contributed by atoms with E-state index in [0.717, 1.165) is 28.4 Å². The zero-order valence-electron chi connectivity index (χ0n) is 16.1. The maximum atomic E-state index is 13.2. The number of methoxy groups -OCH3 is 1. The van der Waals surface area contributed by atoms with Gasteiger partial charge in [0.25, 0.3) is 0 Å². The van der Waals surface area contributed by atoms with E-state index >= 15 is 0 Å². The number of benzene rings is 2. The molecule has 1 aliphatic heterocycles. The molecular weight excluding hydrogens is 357 g/mol. The van der Waals surface area contributed by atoms with Crippen molar-refractivity contribution in [2.75, 3.05) is 7.11 Å². The Morgan fingerprint density at radius 3 is 2.43 bits per heavy atom. The average Bonchev–Trinajstić information content (AvgIpc) is 3.12. The summed E-state index contributed by atoms with van der Waals surface area (Å²) in [6.07, 6.45) is 1.88. The summed E-state index contributed by atoms with van der Waals surface area (Å²) in [5.41, 5.74) is 1.85. The van der Waals surface area contributed by atoms with Gasteiger partial charge in [-0.25, -0.2) is 9.37 Å². The summed E-state index contributed by atoms with van der Waals surface area (Å²) in [6, 6.07) is 13.9. The second kappa shape index (κ2) is 6.78. The number of ether oxygens (including phenoxy) is 1. The molecule has 0 bridgehead atoms. The lowest BCUT2D eigenvalue weighted by atomic mass is 9.99. The molecule has 0 atom stereocenters. The highest BCUT2D eigenvalue weighted by atomic mass is 19.1. The van der Waals surface area contributed by atoms with Crippen molar-refractivity contribution >= 4 is 5.91 Å². The number of fused-ring (bicyclic) bond motifs is 1. The predicted molar refractivity (Wildman–Crippen MR) is 104 cm³/mol. The number of carbonyl (C=O) groups excluding carboxylic acids is 1. The first-order valence-corrected chi connectivity index (χ1v) is 9.15. The van der Waals surface area contributed by atoms with Crippen molar-refractivity contribution < 1.29 is 13.9 Å². The molecule has 2 aromatic carbocycles. The van der Waals surface area contributed by atoms with Crippen LogP contribution in [0.2, 0.25) is 0 Å². The first-order valence-electron chi connectivity index (χ1n) is 9.15. The third-order valence-electron chi connectivity index (χ3n) is 5.20. The first-order chi connectivity index (χ1) is 13.4. The van der Waals surface area contributed by atoms with Crippen LogP contribution in [0.3, 0.4) is 0 Å². The van der Waals surface area contributed by atoms with Gasteiger partial charge in [0.2, 0.25) is 5.91 Å². The van der Waals surface area contributed by atoms with Crippen LogP contribution < -0.4 is 4.74 Å². The highest BCUT2D eigenvalue weighted by molar-refractivity contribution is 5.85. The van der Waals surface area contributed by atoms with Crippen LogP contribution in [0.1, 0.15) is 25.2 Å². The van der Waals surface area contributed by atoms with E-state index in [9.17, 15) is 9.18 Å². The SMILES string of the molecule is COc1ccc(CN2Cc3nc(-c4ccc(F)cc4)cn3C(C)(C)C2=O)cc1. The summed E-state index contributed by atoms with van der Waals surface area (Å²) in [7, 11) is 1.63. The summed E-state index contributed by atoms with van der Waals surface area (Å²) in [4.78, 5) is 19.7. The normalized spacial score (nSPS) is 15.4. The molecule has 0 aliphatic carbocycles. The van der Waals surface area contributed by atoms with Gasteiger partial charge in [-0.2, -0.15) is 0 Å². The molecule has 0 radical (unpaired) electrons. The van der Waals surface area contributed by atoms with Crippen molar-refractivity contribution in [3.63, 3.8) is 0 Å². The van der Waals surface area contributed by atoms with Crippen molar-refractivity contribution in [1.29, 1.82) is 0 Å². The Morgan fingerprint density at radius 2 is 1.79 bits per heavy atom. The standard InChI is InChI=1S/C22H22FN3O2/c1-22(2)21(27)25(12-15-4-10-18(28-3)11-5-15)14-20-24-19(13-26(20)22)16-6-8-17(23)9-7-16/h4-11,13H,12,14H2,1-3H3. The van der Waals surface area contributed by atoms with E-state index in [1.165, 1.54) is 12.1 Å². The number of aromatic nitrogens is 2. The number of rotatable bonds is 4. The van der Waals surface area contributed by atoms with Crippen molar-refractivity contribution in [2.24, 2.45) is 0 Å². The fourth-order valence-electron chi connectivity index (χ4n) is 3.59. The Labute approximate surface area is 163 Å².